The number of amides is 1. The van der Waals surface area contributed by atoms with E-state index in [9.17, 15) is 14.7 Å². The van der Waals surface area contributed by atoms with E-state index in [-0.39, 0.29) is 23.9 Å². The molecule has 1 rings (SSSR count). The van der Waals surface area contributed by atoms with Crippen LogP contribution in [-0.4, -0.2) is 29.1 Å². The number of carbonyl (C=O) groups excluding carboxylic acids is 1. The fourth-order valence-corrected chi connectivity index (χ4v) is 2.80. The number of rotatable bonds is 7. The molecular weight excluding hydrogens is 256 g/mol. The molecule has 116 valence electrons. The number of hydrogen-bond donors (Lipinski definition) is 3. The molecule has 0 saturated heterocycles. The number of nitrogens with two attached hydrogens (primary N) is 1. The molecule has 0 aliphatic heterocycles. The number of carboxylic acid groups (broad SMARTS) is 1. The summed E-state index contributed by atoms with van der Waals surface area (Å²) in [7, 11) is 0. The Hall–Kier alpha value is -1.10. The van der Waals surface area contributed by atoms with Crippen molar-refractivity contribution in [2.45, 2.75) is 70.9 Å². The van der Waals surface area contributed by atoms with Crippen LogP contribution < -0.4 is 11.1 Å². The second-order valence-corrected chi connectivity index (χ2v) is 6.15. The lowest BCUT2D eigenvalue weighted by molar-refractivity contribution is -0.144. The van der Waals surface area contributed by atoms with E-state index in [2.05, 4.69) is 5.32 Å². The molecule has 0 aromatic rings. The number of carboxylic acids is 1. The minimum absolute atomic E-state index is 0.0205. The minimum Gasteiger partial charge on any atom is -0.481 e. The molecule has 0 heterocycles. The molecule has 1 aliphatic carbocycles. The Labute approximate surface area is 121 Å². The van der Waals surface area contributed by atoms with Crippen LogP contribution in [0.3, 0.4) is 0 Å². The quantitative estimate of drug-likeness (QED) is 0.665. The van der Waals surface area contributed by atoms with Crippen molar-refractivity contribution in [1.82, 2.24) is 5.32 Å². The predicted molar refractivity (Wildman–Crippen MR) is 78.2 cm³/mol. The van der Waals surface area contributed by atoms with Gasteiger partial charge in [0, 0.05) is 18.0 Å². The van der Waals surface area contributed by atoms with E-state index in [1.165, 1.54) is 0 Å². The maximum atomic E-state index is 12.1. The lowest BCUT2D eigenvalue weighted by atomic mass is 9.84. The third kappa shape index (κ3) is 5.49. The molecular formula is C15H28N2O3. The second kappa shape index (κ2) is 8.25. The first-order valence-electron chi connectivity index (χ1n) is 7.70. The highest BCUT2D eigenvalue weighted by atomic mass is 16.4. The molecule has 0 radical (unpaired) electrons. The van der Waals surface area contributed by atoms with Gasteiger partial charge in [0.15, 0.2) is 0 Å². The Morgan fingerprint density at radius 2 is 1.90 bits per heavy atom. The highest BCUT2D eigenvalue weighted by Crippen LogP contribution is 2.25. The number of hydrogen-bond acceptors (Lipinski definition) is 3. The fraction of sp³-hybridized carbons (Fsp3) is 0.867. The number of aliphatic carboxylic acids is 1. The van der Waals surface area contributed by atoms with Crippen LogP contribution in [0.25, 0.3) is 0 Å². The van der Waals surface area contributed by atoms with E-state index < -0.39 is 11.9 Å². The Kier molecular flexibility index (Phi) is 6.99. The van der Waals surface area contributed by atoms with Gasteiger partial charge in [0.1, 0.15) is 0 Å². The summed E-state index contributed by atoms with van der Waals surface area (Å²) in [6.07, 6.45) is 6.02. The summed E-state index contributed by atoms with van der Waals surface area (Å²) in [5.74, 6) is -1.32. The summed E-state index contributed by atoms with van der Waals surface area (Å²) in [6.45, 7) is 3.86. The van der Waals surface area contributed by atoms with Crippen molar-refractivity contribution in [3.63, 3.8) is 0 Å². The van der Waals surface area contributed by atoms with Crippen molar-refractivity contribution >= 4 is 11.9 Å². The average molecular weight is 284 g/mol. The van der Waals surface area contributed by atoms with Crippen LogP contribution in [0.1, 0.15) is 58.8 Å². The van der Waals surface area contributed by atoms with E-state index in [1.807, 2.05) is 13.8 Å². The summed E-state index contributed by atoms with van der Waals surface area (Å²) in [5, 5.41) is 12.1. The number of carbonyl (C=O) groups is 2. The lowest BCUT2D eigenvalue weighted by Crippen LogP contribution is -2.46. The third-order valence-corrected chi connectivity index (χ3v) is 4.15. The van der Waals surface area contributed by atoms with Crippen molar-refractivity contribution in [2.75, 3.05) is 0 Å². The molecule has 20 heavy (non-hydrogen) atoms. The van der Waals surface area contributed by atoms with Gasteiger partial charge in [-0.2, -0.15) is 0 Å². The zero-order valence-electron chi connectivity index (χ0n) is 12.6. The Morgan fingerprint density at radius 3 is 2.50 bits per heavy atom. The van der Waals surface area contributed by atoms with Crippen molar-refractivity contribution < 1.29 is 14.7 Å². The zero-order chi connectivity index (χ0) is 15.1. The van der Waals surface area contributed by atoms with Gasteiger partial charge in [-0.05, 0) is 32.6 Å². The second-order valence-electron chi connectivity index (χ2n) is 6.15. The molecule has 0 bridgehead atoms. The summed E-state index contributed by atoms with van der Waals surface area (Å²) in [5.41, 5.74) is 5.69. The van der Waals surface area contributed by atoms with Gasteiger partial charge >= 0.3 is 5.97 Å². The van der Waals surface area contributed by atoms with Gasteiger partial charge in [-0.15, -0.1) is 0 Å². The molecule has 4 N–H and O–H groups in total. The highest BCUT2D eigenvalue weighted by Gasteiger charge is 2.32. The first-order valence-corrected chi connectivity index (χ1v) is 7.70. The van der Waals surface area contributed by atoms with Crippen molar-refractivity contribution in [3.8, 4) is 0 Å². The first-order chi connectivity index (χ1) is 9.41. The van der Waals surface area contributed by atoms with Gasteiger partial charge in [-0.3, -0.25) is 9.59 Å². The highest BCUT2D eigenvalue weighted by molar-refractivity contribution is 5.80. The molecule has 0 aromatic heterocycles. The third-order valence-electron chi connectivity index (χ3n) is 4.15. The van der Waals surface area contributed by atoms with E-state index in [1.54, 1.807) is 0 Å². The summed E-state index contributed by atoms with van der Waals surface area (Å²) in [4.78, 5) is 23.3. The molecule has 4 unspecified atom stereocenters. The maximum Gasteiger partial charge on any atom is 0.308 e. The Balaban J connectivity index is 2.40. The van der Waals surface area contributed by atoms with E-state index >= 15 is 0 Å². The van der Waals surface area contributed by atoms with Crippen LogP contribution in [-0.2, 0) is 9.59 Å². The van der Waals surface area contributed by atoms with Gasteiger partial charge in [-0.25, -0.2) is 0 Å². The minimum atomic E-state index is -0.792. The van der Waals surface area contributed by atoms with Crippen LogP contribution in [0.15, 0.2) is 0 Å². The summed E-state index contributed by atoms with van der Waals surface area (Å²) < 4.78 is 0. The van der Waals surface area contributed by atoms with Crippen LogP contribution in [0.4, 0.5) is 0 Å². The summed E-state index contributed by atoms with van der Waals surface area (Å²) >= 11 is 0. The van der Waals surface area contributed by atoms with Crippen molar-refractivity contribution in [1.29, 1.82) is 0 Å². The largest absolute Gasteiger partial charge is 0.481 e. The van der Waals surface area contributed by atoms with Gasteiger partial charge in [0.2, 0.25) is 5.91 Å². The Bertz CT molecular complexity index is 331. The first kappa shape index (κ1) is 17.0. The van der Waals surface area contributed by atoms with Crippen LogP contribution in [0, 0.1) is 11.8 Å². The standard InChI is InChI=1S/C15H28N2O3/c1-10(6-5-7-11(2)16)14(18)17-13-9-4-3-8-12(13)15(19)20/h10-13H,3-9,16H2,1-2H3,(H,17,18)(H,19,20). The monoisotopic (exact) mass is 284 g/mol. The van der Waals surface area contributed by atoms with Crippen LogP contribution in [0.2, 0.25) is 0 Å². The van der Waals surface area contributed by atoms with E-state index in [4.69, 9.17) is 5.73 Å². The molecule has 1 fully saturated rings. The maximum absolute atomic E-state index is 12.1. The molecule has 0 spiro atoms. The van der Waals surface area contributed by atoms with Gasteiger partial charge in [0.05, 0.1) is 5.92 Å². The summed E-state index contributed by atoms with van der Waals surface area (Å²) in [6, 6.07) is -0.0374. The van der Waals surface area contributed by atoms with Gasteiger partial charge in [0.25, 0.3) is 0 Å². The van der Waals surface area contributed by atoms with E-state index in [0.717, 1.165) is 38.5 Å². The van der Waals surface area contributed by atoms with Gasteiger partial charge < -0.3 is 16.2 Å². The van der Waals surface area contributed by atoms with E-state index in [0.29, 0.717) is 6.42 Å². The Morgan fingerprint density at radius 1 is 1.25 bits per heavy atom. The average Bonchev–Trinajstić information content (AvgIpc) is 2.38. The van der Waals surface area contributed by atoms with Crippen molar-refractivity contribution in [2.24, 2.45) is 17.6 Å². The molecule has 0 aromatic carbocycles. The smallest absolute Gasteiger partial charge is 0.308 e. The molecule has 5 heteroatoms. The molecule has 1 amide bonds. The molecule has 1 saturated carbocycles. The lowest BCUT2D eigenvalue weighted by Gasteiger charge is -2.30. The molecule has 4 atom stereocenters. The van der Waals surface area contributed by atoms with Crippen LogP contribution >= 0.6 is 0 Å². The number of nitrogens with one attached hydrogen (secondary N) is 1. The SMILES string of the molecule is CC(N)CCCC(C)C(=O)NC1CCCCC1C(=O)O. The van der Waals surface area contributed by atoms with Gasteiger partial charge in [-0.1, -0.05) is 26.2 Å². The fourth-order valence-electron chi connectivity index (χ4n) is 2.80. The molecule has 1 aliphatic rings. The zero-order valence-corrected chi connectivity index (χ0v) is 12.6. The molecule has 5 nitrogen and oxygen atoms in total. The van der Waals surface area contributed by atoms with Crippen LogP contribution in [0.5, 0.6) is 0 Å². The predicted octanol–water partition coefficient (Wildman–Crippen LogP) is 1.90. The topological polar surface area (TPSA) is 92.4 Å². The normalized spacial score (nSPS) is 25.8. The van der Waals surface area contributed by atoms with Crippen molar-refractivity contribution in [3.05, 3.63) is 0 Å².